The van der Waals surface area contributed by atoms with Gasteiger partial charge in [0.1, 0.15) is 0 Å². The van der Waals surface area contributed by atoms with Crippen molar-refractivity contribution in [2.24, 2.45) is 11.8 Å². The smallest absolute Gasteiger partial charge is 0.225 e. The number of ether oxygens (including phenoxy) is 2. The third-order valence-corrected chi connectivity index (χ3v) is 6.78. The lowest BCUT2D eigenvalue weighted by atomic mass is 9.77. The fourth-order valence-electron chi connectivity index (χ4n) is 4.85. The summed E-state index contributed by atoms with van der Waals surface area (Å²) in [5, 5.41) is 0. The Balaban J connectivity index is 1.23. The van der Waals surface area contributed by atoms with Gasteiger partial charge in [-0.1, -0.05) is 12.5 Å². The highest BCUT2D eigenvalue weighted by Gasteiger charge is 2.47. The Morgan fingerprint density at radius 1 is 1.30 bits per heavy atom. The molecule has 5 heteroatoms. The first kappa shape index (κ1) is 18.9. The minimum Gasteiger partial charge on any atom is -0.375 e. The monoisotopic (exact) mass is 372 g/mol. The zero-order valence-electron chi connectivity index (χ0n) is 16.5. The van der Waals surface area contributed by atoms with Crippen LogP contribution < -0.4 is 0 Å². The first-order valence-electron chi connectivity index (χ1n) is 10.6. The lowest BCUT2D eigenvalue weighted by molar-refractivity contribution is -0.144. The molecule has 5 nitrogen and oxygen atoms in total. The number of carbonyl (C=O) groups is 1. The number of pyridine rings is 1. The number of amides is 1. The highest BCUT2D eigenvalue weighted by atomic mass is 16.5. The third-order valence-electron chi connectivity index (χ3n) is 6.78. The molecule has 2 aliphatic heterocycles. The van der Waals surface area contributed by atoms with Gasteiger partial charge in [0.2, 0.25) is 5.91 Å². The van der Waals surface area contributed by atoms with Crippen molar-refractivity contribution < 1.29 is 14.3 Å². The molecular formula is C22H32N2O3. The van der Waals surface area contributed by atoms with Crippen LogP contribution in [0.3, 0.4) is 0 Å². The molecule has 0 unspecified atom stereocenters. The van der Waals surface area contributed by atoms with E-state index in [4.69, 9.17) is 9.47 Å². The second kappa shape index (κ2) is 8.27. The lowest BCUT2D eigenvalue weighted by Crippen LogP contribution is -2.51. The van der Waals surface area contributed by atoms with Gasteiger partial charge in [-0.15, -0.1) is 0 Å². The normalized spacial score (nSPS) is 24.9. The number of hydrogen-bond acceptors (Lipinski definition) is 4. The lowest BCUT2D eigenvalue weighted by Gasteiger charge is -2.43. The van der Waals surface area contributed by atoms with E-state index in [-0.39, 0.29) is 5.60 Å². The summed E-state index contributed by atoms with van der Waals surface area (Å²) in [6.45, 7) is 5.90. The van der Waals surface area contributed by atoms with E-state index < -0.39 is 0 Å². The summed E-state index contributed by atoms with van der Waals surface area (Å²) in [6, 6.07) is 6.05. The molecule has 1 amide bonds. The standard InChI is InChI=1S/C22H32N2O3/c1-17-4-2-7-20(23-17)16-26-14-8-19-9-15-27-22(19)10-12-24(13-11-22)21(25)18-5-3-6-18/h2,4,7,18-19H,3,5-6,8-16H2,1H3/t19-/m1/s1. The Bertz CT molecular complexity index is 651. The molecule has 3 fully saturated rings. The van der Waals surface area contributed by atoms with Crippen molar-refractivity contribution >= 4 is 5.91 Å². The van der Waals surface area contributed by atoms with Crippen LogP contribution in [0.1, 0.15) is 56.3 Å². The maximum atomic E-state index is 12.5. The number of piperidine rings is 1. The molecule has 0 aromatic carbocycles. The van der Waals surface area contributed by atoms with Gasteiger partial charge in [-0.3, -0.25) is 9.78 Å². The van der Waals surface area contributed by atoms with Crippen molar-refractivity contribution in [3.63, 3.8) is 0 Å². The van der Waals surface area contributed by atoms with Gasteiger partial charge in [-0.2, -0.15) is 0 Å². The highest BCUT2D eigenvalue weighted by Crippen LogP contribution is 2.43. The Kier molecular flexibility index (Phi) is 5.79. The van der Waals surface area contributed by atoms with E-state index in [1.165, 1.54) is 6.42 Å². The zero-order valence-corrected chi connectivity index (χ0v) is 16.5. The summed E-state index contributed by atoms with van der Waals surface area (Å²) in [5.74, 6) is 1.24. The molecular weight excluding hydrogens is 340 g/mol. The van der Waals surface area contributed by atoms with Crippen LogP contribution in [0.25, 0.3) is 0 Å². The summed E-state index contributed by atoms with van der Waals surface area (Å²) in [4.78, 5) is 19.1. The van der Waals surface area contributed by atoms with Gasteiger partial charge in [-0.25, -0.2) is 0 Å². The van der Waals surface area contributed by atoms with E-state index in [1.807, 2.05) is 25.1 Å². The maximum Gasteiger partial charge on any atom is 0.225 e. The Labute approximate surface area is 162 Å². The molecule has 0 bridgehead atoms. The van der Waals surface area contributed by atoms with Gasteiger partial charge in [0.15, 0.2) is 0 Å². The first-order valence-corrected chi connectivity index (χ1v) is 10.6. The molecule has 1 spiro atoms. The van der Waals surface area contributed by atoms with E-state index in [9.17, 15) is 4.79 Å². The van der Waals surface area contributed by atoms with Crippen LogP contribution in [0.2, 0.25) is 0 Å². The molecule has 3 heterocycles. The molecule has 4 rings (SSSR count). The fraction of sp³-hybridized carbons (Fsp3) is 0.727. The molecule has 148 valence electrons. The van der Waals surface area contributed by atoms with E-state index in [0.29, 0.717) is 24.3 Å². The Morgan fingerprint density at radius 2 is 2.11 bits per heavy atom. The van der Waals surface area contributed by atoms with Gasteiger partial charge < -0.3 is 14.4 Å². The molecule has 1 saturated carbocycles. The summed E-state index contributed by atoms with van der Waals surface area (Å²) in [5.41, 5.74) is 2.00. The summed E-state index contributed by atoms with van der Waals surface area (Å²) < 4.78 is 12.1. The van der Waals surface area contributed by atoms with E-state index in [0.717, 1.165) is 76.2 Å². The largest absolute Gasteiger partial charge is 0.375 e. The molecule has 1 aliphatic carbocycles. The van der Waals surface area contributed by atoms with E-state index >= 15 is 0 Å². The number of likely N-dealkylation sites (tertiary alicyclic amines) is 1. The number of aryl methyl sites for hydroxylation is 1. The van der Waals surface area contributed by atoms with Crippen molar-refractivity contribution in [1.82, 2.24) is 9.88 Å². The quantitative estimate of drug-likeness (QED) is 0.717. The van der Waals surface area contributed by atoms with Crippen molar-refractivity contribution in [3.8, 4) is 0 Å². The molecule has 0 radical (unpaired) electrons. The maximum absolute atomic E-state index is 12.5. The van der Waals surface area contributed by atoms with Crippen LogP contribution in [0.15, 0.2) is 18.2 Å². The molecule has 1 aromatic heterocycles. The third kappa shape index (κ3) is 4.19. The minimum absolute atomic E-state index is 0.0264. The second-order valence-corrected chi connectivity index (χ2v) is 8.46. The molecule has 3 aliphatic rings. The van der Waals surface area contributed by atoms with E-state index in [1.54, 1.807) is 0 Å². The number of rotatable bonds is 6. The number of aromatic nitrogens is 1. The first-order chi connectivity index (χ1) is 13.2. The SMILES string of the molecule is Cc1cccc(COCC[C@@H]2CCOC23CCN(C(=O)C2CCC2)CC3)n1. The number of carbonyl (C=O) groups excluding carboxylic acids is 1. The van der Waals surface area contributed by atoms with Gasteiger partial charge in [0.25, 0.3) is 0 Å². The van der Waals surface area contributed by atoms with Gasteiger partial charge in [-0.05, 0) is 63.5 Å². The van der Waals surface area contributed by atoms with Crippen molar-refractivity contribution in [1.29, 1.82) is 0 Å². The molecule has 2 saturated heterocycles. The highest BCUT2D eigenvalue weighted by molar-refractivity contribution is 5.79. The average Bonchev–Trinajstić information content (AvgIpc) is 3.00. The van der Waals surface area contributed by atoms with Gasteiger partial charge >= 0.3 is 0 Å². The fourth-order valence-corrected chi connectivity index (χ4v) is 4.85. The van der Waals surface area contributed by atoms with E-state index in [2.05, 4.69) is 9.88 Å². The van der Waals surface area contributed by atoms with Crippen LogP contribution >= 0.6 is 0 Å². The van der Waals surface area contributed by atoms with Crippen molar-refractivity contribution in [2.45, 2.75) is 64.1 Å². The molecule has 27 heavy (non-hydrogen) atoms. The van der Waals surface area contributed by atoms with Crippen LogP contribution in [0.4, 0.5) is 0 Å². The van der Waals surface area contributed by atoms with Crippen molar-refractivity contribution in [2.75, 3.05) is 26.3 Å². The number of hydrogen-bond donors (Lipinski definition) is 0. The van der Waals surface area contributed by atoms with Crippen LogP contribution in [0.5, 0.6) is 0 Å². The summed E-state index contributed by atoms with van der Waals surface area (Å²) in [7, 11) is 0. The second-order valence-electron chi connectivity index (χ2n) is 8.46. The topological polar surface area (TPSA) is 51.7 Å². The van der Waals surface area contributed by atoms with Crippen LogP contribution in [-0.4, -0.2) is 47.7 Å². The Morgan fingerprint density at radius 3 is 2.81 bits per heavy atom. The van der Waals surface area contributed by atoms with Crippen molar-refractivity contribution in [3.05, 3.63) is 29.6 Å². The summed E-state index contributed by atoms with van der Waals surface area (Å²) >= 11 is 0. The van der Waals surface area contributed by atoms with Crippen LogP contribution in [-0.2, 0) is 20.9 Å². The van der Waals surface area contributed by atoms with Gasteiger partial charge in [0, 0.05) is 37.9 Å². The summed E-state index contributed by atoms with van der Waals surface area (Å²) in [6.07, 6.45) is 7.51. The molecule has 1 aromatic rings. The van der Waals surface area contributed by atoms with Crippen LogP contribution in [0, 0.1) is 18.8 Å². The average molecular weight is 373 g/mol. The predicted octanol–water partition coefficient (Wildman–Crippen LogP) is 3.49. The number of nitrogens with zero attached hydrogens (tertiary/aromatic N) is 2. The molecule has 1 atom stereocenters. The van der Waals surface area contributed by atoms with Gasteiger partial charge in [0.05, 0.1) is 17.9 Å². The Hall–Kier alpha value is -1.46. The molecule has 0 N–H and O–H groups in total. The zero-order chi connectivity index (χ0) is 18.7. The predicted molar refractivity (Wildman–Crippen MR) is 103 cm³/mol. The minimum atomic E-state index is -0.0264.